The summed E-state index contributed by atoms with van der Waals surface area (Å²) in [6.45, 7) is 1.99. The summed E-state index contributed by atoms with van der Waals surface area (Å²) in [5.41, 5.74) is -1.12. The van der Waals surface area contributed by atoms with Crippen LogP contribution in [0.1, 0.15) is 35.5 Å². The molecule has 0 aliphatic rings. The van der Waals surface area contributed by atoms with Crippen LogP contribution >= 0.6 is 0 Å². The van der Waals surface area contributed by atoms with E-state index in [1.807, 2.05) is 0 Å². The van der Waals surface area contributed by atoms with Gasteiger partial charge in [0.1, 0.15) is 12.6 Å². The Labute approximate surface area is 181 Å². The third-order valence-electron chi connectivity index (χ3n) is 4.11. The SMILES string of the molecule is COc1ccnc(C(=O)NCC(=O)OC(C)Cc2ccccc2C(F)(F)F)c1OC(C)=O. The van der Waals surface area contributed by atoms with E-state index in [1.54, 1.807) is 0 Å². The van der Waals surface area contributed by atoms with Gasteiger partial charge in [0.2, 0.25) is 5.75 Å². The molecule has 0 aliphatic heterocycles. The first-order chi connectivity index (χ1) is 15.0. The number of methoxy groups -OCH3 is 1. The van der Waals surface area contributed by atoms with Crippen LogP contribution in [0.15, 0.2) is 36.5 Å². The number of esters is 2. The molecule has 172 valence electrons. The van der Waals surface area contributed by atoms with Crippen LogP contribution in [0, 0.1) is 0 Å². The lowest BCUT2D eigenvalue weighted by atomic mass is 10.0. The Kier molecular flexibility index (Phi) is 8.16. The smallest absolute Gasteiger partial charge is 0.416 e. The number of hydrogen-bond donors (Lipinski definition) is 1. The molecular weight excluding hydrogens is 433 g/mol. The largest absolute Gasteiger partial charge is 0.493 e. The minimum absolute atomic E-state index is 0.0176. The standard InChI is InChI=1S/C21H21F3N2O6/c1-12(10-14-6-4-5-7-15(14)21(22,23)24)31-17(28)11-26-20(29)18-19(32-13(2)27)16(30-3)8-9-25-18/h4-9,12H,10-11H2,1-3H3,(H,26,29). The number of carbonyl (C=O) groups is 3. The summed E-state index contributed by atoms with van der Waals surface area (Å²) in [6, 6.07) is 6.37. The minimum Gasteiger partial charge on any atom is -0.493 e. The van der Waals surface area contributed by atoms with E-state index in [2.05, 4.69) is 10.3 Å². The Bertz CT molecular complexity index is 994. The van der Waals surface area contributed by atoms with E-state index in [4.69, 9.17) is 14.2 Å². The molecule has 8 nitrogen and oxygen atoms in total. The zero-order chi connectivity index (χ0) is 23.9. The summed E-state index contributed by atoms with van der Waals surface area (Å²) in [7, 11) is 1.31. The first-order valence-electron chi connectivity index (χ1n) is 9.37. The second kappa shape index (κ2) is 10.6. The van der Waals surface area contributed by atoms with Gasteiger partial charge < -0.3 is 19.5 Å². The molecule has 0 bridgehead atoms. The zero-order valence-electron chi connectivity index (χ0n) is 17.5. The fourth-order valence-corrected chi connectivity index (χ4v) is 2.82. The second-order valence-electron chi connectivity index (χ2n) is 6.63. The fourth-order valence-electron chi connectivity index (χ4n) is 2.82. The van der Waals surface area contributed by atoms with Gasteiger partial charge in [0.25, 0.3) is 5.91 Å². The van der Waals surface area contributed by atoms with Gasteiger partial charge in [-0.2, -0.15) is 13.2 Å². The summed E-state index contributed by atoms with van der Waals surface area (Å²) < 4.78 is 54.4. The lowest BCUT2D eigenvalue weighted by molar-refractivity contribution is -0.147. The molecule has 1 atom stereocenters. The summed E-state index contributed by atoms with van der Waals surface area (Å²) in [4.78, 5) is 39.6. The van der Waals surface area contributed by atoms with E-state index in [9.17, 15) is 27.6 Å². The molecule has 0 radical (unpaired) electrons. The predicted octanol–water partition coefficient (Wildman–Crippen LogP) is 2.94. The number of ether oxygens (including phenoxy) is 3. The molecule has 1 aromatic heterocycles. The van der Waals surface area contributed by atoms with Crippen LogP contribution in [-0.2, 0) is 26.9 Å². The minimum atomic E-state index is -4.53. The van der Waals surface area contributed by atoms with E-state index in [-0.39, 0.29) is 29.2 Å². The fraction of sp³-hybridized carbons (Fsp3) is 0.333. The molecule has 0 saturated carbocycles. The number of carbonyl (C=O) groups excluding carboxylic acids is 3. The maximum atomic E-state index is 13.1. The van der Waals surface area contributed by atoms with Crippen molar-refractivity contribution in [3.8, 4) is 11.5 Å². The van der Waals surface area contributed by atoms with Gasteiger partial charge in [-0.05, 0) is 18.6 Å². The van der Waals surface area contributed by atoms with Gasteiger partial charge in [-0.15, -0.1) is 0 Å². The molecule has 1 N–H and O–H groups in total. The third-order valence-corrected chi connectivity index (χ3v) is 4.11. The zero-order valence-corrected chi connectivity index (χ0v) is 17.5. The van der Waals surface area contributed by atoms with Crippen molar-refractivity contribution in [2.45, 2.75) is 32.5 Å². The molecule has 2 rings (SSSR count). The summed E-state index contributed by atoms with van der Waals surface area (Å²) >= 11 is 0. The van der Waals surface area contributed by atoms with Gasteiger partial charge >= 0.3 is 18.1 Å². The van der Waals surface area contributed by atoms with Crippen molar-refractivity contribution in [2.24, 2.45) is 0 Å². The summed E-state index contributed by atoms with van der Waals surface area (Å²) in [5.74, 6) is -2.55. The first kappa shape index (κ1) is 24.6. The average Bonchev–Trinajstić information content (AvgIpc) is 2.71. The van der Waals surface area contributed by atoms with Gasteiger partial charge in [0.15, 0.2) is 11.4 Å². The third kappa shape index (κ3) is 6.69. The van der Waals surface area contributed by atoms with E-state index in [1.165, 1.54) is 44.5 Å². The maximum Gasteiger partial charge on any atom is 0.416 e. The predicted molar refractivity (Wildman–Crippen MR) is 105 cm³/mol. The van der Waals surface area contributed by atoms with Gasteiger partial charge in [0, 0.05) is 25.6 Å². The Morgan fingerprint density at radius 2 is 1.84 bits per heavy atom. The Morgan fingerprint density at radius 1 is 1.16 bits per heavy atom. The van der Waals surface area contributed by atoms with Crippen molar-refractivity contribution in [1.82, 2.24) is 10.3 Å². The summed E-state index contributed by atoms with van der Waals surface area (Å²) in [6.07, 6.45) is -4.32. The molecule has 1 amide bonds. The number of hydrogen-bond acceptors (Lipinski definition) is 7. The van der Waals surface area contributed by atoms with E-state index in [0.717, 1.165) is 13.0 Å². The van der Waals surface area contributed by atoms with Crippen LogP contribution in [0.25, 0.3) is 0 Å². The number of rotatable bonds is 8. The van der Waals surface area contributed by atoms with Crippen LogP contribution in [-0.4, -0.2) is 42.6 Å². The number of alkyl halides is 3. The van der Waals surface area contributed by atoms with Crippen molar-refractivity contribution in [3.63, 3.8) is 0 Å². The van der Waals surface area contributed by atoms with Crippen LogP contribution in [0.3, 0.4) is 0 Å². The highest BCUT2D eigenvalue weighted by Gasteiger charge is 2.33. The maximum absolute atomic E-state index is 13.1. The van der Waals surface area contributed by atoms with Gasteiger partial charge in [0.05, 0.1) is 12.7 Å². The van der Waals surface area contributed by atoms with Crippen molar-refractivity contribution in [1.29, 1.82) is 0 Å². The number of nitrogens with zero attached hydrogens (tertiary/aromatic N) is 1. The van der Waals surface area contributed by atoms with Crippen LogP contribution < -0.4 is 14.8 Å². The highest BCUT2D eigenvalue weighted by atomic mass is 19.4. The van der Waals surface area contributed by atoms with Crippen LogP contribution in [0.4, 0.5) is 13.2 Å². The Morgan fingerprint density at radius 3 is 2.47 bits per heavy atom. The first-order valence-corrected chi connectivity index (χ1v) is 9.37. The van der Waals surface area contributed by atoms with E-state index >= 15 is 0 Å². The Hall–Kier alpha value is -3.63. The van der Waals surface area contributed by atoms with Crippen molar-refractivity contribution in [3.05, 3.63) is 53.3 Å². The molecule has 0 fully saturated rings. The Balaban J connectivity index is 1.99. The summed E-state index contributed by atoms with van der Waals surface area (Å²) in [5, 5.41) is 2.27. The average molecular weight is 454 g/mol. The molecule has 0 spiro atoms. The van der Waals surface area contributed by atoms with E-state index in [0.29, 0.717) is 0 Å². The number of pyridine rings is 1. The van der Waals surface area contributed by atoms with Crippen molar-refractivity contribution >= 4 is 17.8 Å². The molecule has 2 aromatic rings. The van der Waals surface area contributed by atoms with Crippen LogP contribution in [0.5, 0.6) is 11.5 Å². The van der Waals surface area contributed by atoms with Crippen molar-refractivity contribution in [2.75, 3.05) is 13.7 Å². The van der Waals surface area contributed by atoms with Gasteiger partial charge in [-0.3, -0.25) is 14.4 Å². The quantitative estimate of drug-likeness (QED) is 0.612. The van der Waals surface area contributed by atoms with Crippen molar-refractivity contribution < 1.29 is 41.8 Å². The topological polar surface area (TPSA) is 104 Å². The highest BCUT2D eigenvalue weighted by Crippen LogP contribution is 2.32. The van der Waals surface area contributed by atoms with Gasteiger partial charge in [-0.25, -0.2) is 4.98 Å². The highest BCUT2D eigenvalue weighted by molar-refractivity contribution is 5.98. The second-order valence-corrected chi connectivity index (χ2v) is 6.63. The normalized spacial score (nSPS) is 11.9. The molecule has 1 unspecified atom stereocenters. The van der Waals surface area contributed by atoms with Gasteiger partial charge in [-0.1, -0.05) is 18.2 Å². The molecule has 11 heteroatoms. The number of aromatic nitrogens is 1. The lowest BCUT2D eigenvalue weighted by Crippen LogP contribution is -2.33. The number of halogens is 3. The lowest BCUT2D eigenvalue weighted by Gasteiger charge is -2.17. The molecule has 32 heavy (non-hydrogen) atoms. The van der Waals surface area contributed by atoms with Crippen LogP contribution in [0.2, 0.25) is 0 Å². The molecule has 1 heterocycles. The number of benzene rings is 1. The number of nitrogens with one attached hydrogen (secondary N) is 1. The molecule has 0 saturated heterocycles. The van der Waals surface area contributed by atoms with E-state index < -0.39 is 42.2 Å². The monoisotopic (exact) mass is 454 g/mol. The molecular formula is C21H21F3N2O6. The number of amides is 1. The molecule has 1 aromatic carbocycles. The molecule has 0 aliphatic carbocycles.